The summed E-state index contributed by atoms with van der Waals surface area (Å²) in [5, 5.41) is 1.34. The first-order chi connectivity index (χ1) is 15.2. The molecule has 176 valence electrons. The van der Waals surface area contributed by atoms with Gasteiger partial charge in [-0.25, -0.2) is 8.42 Å². The molecule has 9 nitrogen and oxygen atoms in total. The molecule has 0 spiro atoms. The Morgan fingerprint density at radius 3 is 2.50 bits per heavy atom. The van der Waals surface area contributed by atoms with Gasteiger partial charge in [0.2, 0.25) is 10.0 Å². The molecule has 0 radical (unpaired) electrons. The number of carbonyl (C=O) groups excluding carboxylic acids is 1. The number of sulfonamides is 1. The molecule has 0 aliphatic rings. The van der Waals surface area contributed by atoms with Crippen LogP contribution in [0.15, 0.2) is 46.3 Å². The van der Waals surface area contributed by atoms with E-state index in [1.165, 1.54) is 6.07 Å². The fraction of sp³-hybridized carbons (Fsp3) is 0.429. The summed E-state index contributed by atoms with van der Waals surface area (Å²) in [5.74, 6) is -0.407. The Kier molecular flexibility index (Phi) is 9.55. The highest BCUT2D eigenvalue weighted by atomic mass is 35.5. The highest BCUT2D eigenvalue weighted by Crippen LogP contribution is 2.30. The lowest BCUT2D eigenvalue weighted by Crippen LogP contribution is -2.42. The van der Waals surface area contributed by atoms with Crippen LogP contribution in [-0.4, -0.2) is 59.5 Å². The van der Waals surface area contributed by atoms with Gasteiger partial charge in [-0.3, -0.25) is 9.79 Å². The molecular formula is C21H30ClN5O4S. The van der Waals surface area contributed by atoms with Crippen LogP contribution >= 0.6 is 11.6 Å². The molecule has 0 heterocycles. The van der Waals surface area contributed by atoms with Gasteiger partial charge in [-0.15, -0.1) is 11.6 Å². The van der Waals surface area contributed by atoms with E-state index in [4.69, 9.17) is 27.8 Å². The van der Waals surface area contributed by atoms with Gasteiger partial charge in [-0.2, -0.15) is 4.72 Å². The zero-order valence-corrected chi connectivity index (χ0v) is 19.8. The van der Waals surface area contributed by atoms with E-state index in [1.807, 2.05) is 31.1 Å². The summed E-state index contributed by atoms with van der Waals surface area (Å²) >= 11 is 5.63. The van der Waals surface area contributed by atoms with Crippen molar-refractivity contribution in [2.45, 2.75) is 30.2 Å². The van der Waals surface area contributed by atoms with E-state index in [1.54, 1.807) is 18.2 Å². The average Bonchev–Trinajstić information content (AvgIpc) is 2.74. The van der Waals surface area contributed by atoms with Crippen molar-refractivity contribution in [2.24, 2.45) is 16.5 Å². The third kappa shape index (κ3) is 6.98. The van der Waals surface area contributed by atoms with Crippen molar-refractivity contribution in [3.05, 3.63) is 36.4 Å². The van der Waals surface area contributed by atoms with Gasteiger partial charge in [0.1, 0.15) is 6.04 Å². The maximum atomic E-state index is 13.3. The Hall–Kier alpha value is -2.56. The molecule has 0 saturated heterocycles. The first-order valence-corrected chi connectivity index (χ1v) is 12.2. The Bertz CT molecular complexity index is 1060. The van der Waals surface area contributed by atoms with Crippen molar-refractivity contribution in [1.29, 1.82) is 0 Å². The molecule has 5 N–H and O–H groups in total. The van der Waals surface area contributed by atoms with Crippen molar-refractivity contribution in [1.82, 2.24) is 4.72 Å². The zero-order valence-electron chi connectivity index (χ0n) is 18.3. The zero-order chi connectivity index (χ0) is 23.7. The fourth-order valence-corrected chi connectivity index (χ4v) is 4.75. The van der Waals surface area contributed by atoms with Gasteiger partial charge in [-0.1, -0.05) is 24.3 Å². The number of fused-ring (bicyclic) bond motifs is 1. The quantitative estimate of drug-likeness (QED) is 0.137. The summed E-state index contributed by atoms with van der Waals surface area (Å²) in [6.07, 6.45) is 1.02. The molecule has 0 saturated carbocycles. The van der Waals surface area contributed by atoms with Gasteiger partial charge in [0.15, 0.2) is 5.96 Å². The van der Waals surface area contributed by atoms with E-state index in [-0.39, 0.29) is 30.4 Å². The number of ether oxygens (including phenoxy) is 1. The number of hydrogen-bond acceptors (Lipinski definition) is 6. The maximum Gasteiger partial charge on any atom is 0.324 e. The maximum absolute atomic E-state index is 13.3. The average molecular weight is 484 g/mol. The van der Waals surface area contributed by atoms with E-state index in [0.29, 0.717) is 24.1 Å². The topological polar surface area (TPSA) is 140 Å². The standard InChI is InChI=1S/C21H30ClN5O4S/c1-27(2)18-10-3-8-16-15(18)7-4-11-19(16)32(29,30)26-17(9-5-13-25-21(23)24)20(28)31-14-6-12-22/h3-4,7-8,10-11,17,26H,5-6,9,12-14H2,1-2H3,(H4,23,24,25)/t17-/m0/s1. The third-order valence-corrected chi connectivity index (χ3v) is 6.48. The number of hydrogen-bond donors (Lipinski definition) is 3. The van der Waals surface area contributed by atoms with Crippen LogP contribution in [0.25, 0.3) is 10.8 Å². The van der Waals surface area contributed by atoms with E-state index in [2.05, 4.69) is 9.71 Å². The number of rotatable bonds is 12. The van der Waals surface area contributed by atoms with Gasteiger partial charge < -0.3 is 21.1 Å². The summed E-state index contributed by atoms with van der Waals surface area (Å²) in [7, 11) is -0.265. The summed E-state index contributed by atoms with van der Waals surface area (Å²) in [6.45, 7) is 0.366. The second-order valence-electron chi connectivity index (χ2n) is 7.36. The first kappa shape index (κ1) is 25.7. The minimum absolute atomic E-state index is 0.0701. The third-order valence-electron chi connectivity index (χ3n) is 4.68. The summed E-state index contributed by atoms with van der Waals surface area (Å²) in [4.78, 5) is 18.4. The van der Waals surface area contributed by atoms with Crippen molar-refractivity contribution in [2.75, 3.05) is 38.0 Å². The van der Waals surface area contributed by atoms with Gasteiger partial charge in [0.05, 0.1) is 11.5 Å². The molecule has 0 fully saturated rings. The van der Waals surface area contributed by atoms with Crippen molar-refractivity contribution >= 4 is 50.0 Å². The lowest BCUT2D eigenvalue weighted by atomic mass is 10.1. The second kappa shape index (κ2) is 11.9. The van der Waals surface area contributed by atoms with Crippen LogP contribution in [0.4, 0.5) is 5.69 Å². The molecule has 0 aliphatic carbocycles. The Morgan fingerprint density at radius 2 is 1.84 bits per heavy atom. The highest BCUT2D eigenvalue weighted by molar-refractivity contribution is 7.89. The van der Waals surface area contributed by atoms with Crippen LogP contribution in [0, 0.1) is 0 Å². The van der Waals surface area contributed by atoms with E-state index in [0.717, 1.165) is 11.1 Å². The summed E-state index contributed by atoms with van der Waals surface area (Å²) in [6, 6.07) is 9.41. The number of alkyl halides is 1. The van der Waals surface area contributed by atoms with Crippen LogP contribution in [0.3, 0.4) is 0 Å². The van der Waals surface area contributed by atoms with Gasteiger partial charge >= 0.3 is 5.97 Å². The molecule has 32 heavy (non-hydrogen) atoms. The minimum Gasteiger partial charge on any atom is -0.464 e. The molecule has 0 aliphatic heterocycles. The van der Waals surface area contributed by atoms with E-state index in [9.17, 15) is 13.2 Å². The molecular weight excluding hydrogens is 454 g/mol. The van der Waals surface area contributed by atoms with E-state index < -0.39 is 22.0 Å². The number of esters is 1. The van der Waals surface area contributed by atoms with Crippen LogP contribution < -0.4 is 21.1 Å². The molecule has 0 bridgehead atoms. The molecule has 0 aromatic heterocycles. The molecule has 1 atom stereocenters. The van der Waals surface area contributed by atoms with Gasteiger partial charge in [0, 0.05) is 43.0 Å². The summed E-state index contributed by atoms with van der Waals surface area (Å²) in [5.41, 5.74) is 11.5. The number of halogens is 1. The second-order valence-corrected chi connectivity index (χ2v) is 9.42. The van der Waals surface area contributed by atoms with Crippen molar-refractivity contribution in [3.8, 4) is 0 Å². The number of carbonyl (C=O) groups is 1. The van der Waals surface area contributed by atoms with Crippen molar-refractivity contribution in [3.63, 3.8) is 0 Å². The predicted octanol–water partition coefficient (Wildman–Crippen LogP) is 1.78. The highest BCUT2D eigenvalue weighted by Gasteiger charge is 2.28. The van der Waals surface area contributed by atoms with Crippen LogP contribution in [0.2, 0.25) is 0 Å². The van der Waals surface area contributed by atoms with Gasteiger partial charge in [0.25, 0.3) is 0 Å². The Morgan fingerprint density at radius 1 is 1.16 bits per heavy atom. The molecule has 0 unspecified atom stereocenters. The lowest BCUT2D eigenvalue weighted by Gasteiger charge is -2.20. The number of nitrogens with zero attached hydrogens (tertiary/aromatic N) is 2. The number of benzene rings is 2. The van der Waals surface area contributed by atoms with Gasteiger partial charge in [-0.05, 0) is 31.4 Å². The number of anilines is 1. The first-order valence-electron chi connectivity index (χ1n) is 10.2. The molecule has 2 aromatic carbocycles. The largest absolute Gasteiger partial charge is 0.464 e. The van der Waals surface area contributed by atoms with Crippen LogP contribution in [-0.2, 0) is 19.6 Å². The number of nitrogens with two attached hydrogens (primary N) is 2. The lowest BCUT2D eigenvalue weighted by molar-refractivity contribution is -0.145. The molecule has 0 amide bonds. The van der Waals surface area contributed by atoms with Crippen LogP contribution in [0.1, 0.15) is 19.3 Å². The molecule has 2 aromatic rings. The summed E-state index contributed by atoms with van der Waals surface area (Å²) < 4.78 is 34.3. The normalized spacial score (nSPS) is 12.3. The molecule has 2 rings (SSSR count). The minimum atomic E-state index is -4.04. The van der Waals surface area contributed by atoms with E-state index >= 15 is 0 Å². The van der Waals surface area contributed by atoms with Crippen molar-refractivity contribution < 1.29 is 17.9 Å². The molecule has 11 heteroatoms. The smallest absolute Gasteiger partial charge is 0.324 e. The number of guanidine groups is 1. The van der Waals surface area contributed by atoms with Crippen LogP contribution in [0.5, 0.6) is 0 Å². The predicted molar refractivity (Wildman–Crippen MR) is 129 cm³/mol. The Labute approximate surface area is 193 Å². The number of nitrogens with one attached hydrogen (secondary N) is 1. The SMILES string of the molecule is CN(C)c1cccc2c(S(=O)(=O)N[C@@H](CCCN=C(N)N)C(=O)OCCCCl)cccc12. The fourth-order valence-electron chi connectivity index (χ4n) is 3.20. The number of aliphatic imine (C=N–C) groups is 1. The Balaban J connectivity index is 2.33. The monoisotopic (exact) mass is 483 g/mol.